The number of anilines is 1. The molecule has 1 unspecified atom stereocenters. The van der Waals surface area contributed by atoms with Gasteiger partial charge in [0.2, 0.25) is 0 Å². The van der Waals surface area contributed by atoms with Gasteiger partial charge in [-0.1, -0.05) is 0 Å². The van der Waals surface area contributed by atoms with Gasteiger partial charge in [0.1, 0.15) is 12.4 Å². The molecule has 1 fully saturated rings. The molecule has 0 spiro atoms. The lowest BCUT2D eigenvalue weighted by Gasteiger charge is -2.32. The number of hydrogen-bond acceptors (Lipinski definition) is 5. The molecule has 1 aromatic carbocycles. The Morgan fingerprint density at radius 2 is 2.11 bits per heavy atom. The van der Waals surface area contributed by atoms with Crippen molar-refractivity contribution in [3.63, 3.8) is 0 Å². The average molecular weight is 386 g/mol. The number of nitrogens with zero attached hydrogens (tertiary/aromatic N) is 4. The maximum absolute atomic E-state index is 13.1. The van der Waals surface area contributed by atoms with E-state index in [2.05, 4.69) is 10.00 Å². The molecule has 1 aliphatic rings. The fourth-order valence-electron chi connectivity index (χ4n) is 3.50. The number of carboxylic acid groups (broad SMARTS) is 1. The molecule has 27 heavy (non-hydrogen) atoms. The maximum Gasteiger partial charge on any atom is 0.325 e. The zero-order chi connectivity index (χ0) is 18.8. The SMILES string of the molecule is O=C(O)Cn1nccc1C1CCCN(c2nc(-c3ccc(F)cc3)cs2)C1. The highest BCUT2D eigenvalue weighted by atomic mass is 32.1. The quantitative estimate of drug-likeness (QED) is 0.725. The number of benzene rings is 1. The Balaban J connectivity index is 1.51. The Labute approximate surface area is 159 Å². The highest BCUT2D eigenvalue weighted by Gasteiger charge is 2.26. The summed E-state index contributed by atoms with van der Waals surface area (Å²) in [6.07, 6.45) is 3.67. The van der Waals surface area contributed by atoms with Crippen LogP contribution in [0.5, 0.6) is 0 Å². The minimum atomic E-state index is -0.892. The van der Waals surface area contributed by atoms with E-state index in [1.165, 1.54) is 12.1 Å². The van der Waals surface area contributed by atoms with Crippen molar-refractivity contribution in [1.29, 1.82) is 0 Å². The van der Waals surface area contributed by atoms with E-state index in [0.29, 0.717) is 0 Å². The summed E-state index contributed by atoms with van der Waals surface area (Å²) >= 11 is 1.57. The van der Waals surface area contributed by atoms with Crippen molar-refractivity contribution in [2.75, 3.05) is 18.0 Å². The minimum absolute atomic E-state index is 0.120. The largest absolute Gasteiger partial charge is 0.480 e. The molecule has 1 saturated heterocycles. The molecular formula is C19H19FN4O2S. The maximum atomic E-state index is 13.1. The van der Waals surface area contributed by atoms with Gasteiger partial charge in [-0.25, -0.2) is 9.37 Å². The molecule has 2 aromatic heterocycles. The van der Waals surface area contributed by atoms with Gasteiger partial charge in [-0.3, -0.25) is 9.48 Å². The van der Waals surface area contributed by atoms with Gasteiger partial charge in [0, 0.05) is 41.8 Å². The lowest BCUT2D eigenvalue weighted by Crippen LogP contribution is -2.35. The average Bonchev–Trinajstić information content (AvgIpc) is 3.32. The first-order valence-corrected chi connectivity index (χ1v) is 9.68. The lowest BCUT2D eigenvalue weighted by molar-refractivity contribution is -0.137. The van der Waals surface area contributed by atoms with Crippen LogP contribution in [0.25, 0.3) is 11.3 Å². The summed E-state index contributed by atoms with van der Waals surface area (Å²) in [6, 6.07) is 8.25. The third-order valence-electron chi connectivity index (χ3n) is 4.78. The predicted molar refractivity (Wildman–Crippen MR) is 102 cm³/mol. The van der Waals surface area contributed by atoms with Crippen molar-refractivity contribution < 1.29 is 14.3 Å². The first-order chi connectivity index (χ1) is 13.1. The van der Waals surface area contributed by atoms with Crippen LogP contribution in [0.4, 0.5) is 9.52 Å². The molecule has 6 nitrogen and oxygen atoms in total. The Hall–Kier alpha value is -2.74. The van der Waals surface area contributed by atoms with Gasteiger partial charge in [-0.05, 0) is 43.2 Å². The standard InChI is InChI=1S/C19H19FN4O2S/c20-15-5-3-13(4-6-15)16-12-27-19(22-16)23-9-1-2-14(10-23)17-7-8-21-24(17)11-18(25)26/h3-8,12,14H,1-2,9-11H2,(H,25,26). The number of carboxylic acids is 1. The highest BCUT2D eigenvalue weighted by molar-refractivity contribution is 7.14. The zero-order valence-corrected chi connectivity index (χ0v) is 15.4. The van der Waals surface area contributed by atoms with E-state index in [0.717, 1.165) is 48.0 Å². The Morgan fingerprint density at radius 3 is 2.89 bits per heavy atom. The second-order valence-corrected chi connectivity index (χ2v) is 7.45. The van der Waals surface area contributed by atoms with Crippen LogP contribution in [0.3, 0.4) is 0 Å². The summed E-state index contributed by atoms with van der Waals surface area (Å²) in [7, 11) is 0. The van der Waals surface area contributed by atoms with Gasteiger partial charge in [-0.15, -0.1) is 11.3 Å². The lowest BCUT2D eigenvalue weighted by atomic mass is 9.95. The molecule has 140 valence electrons. The number of aromatic nitrogens is 3. The number of piperidine rings is 1. The normalized spacial score (nSPS) is 17.2. The van der Waals surface area contributed by atoms with Crippen molar-refractivity contribution in [2.24, 2.45) is 0 Å². The zero-order valence-electron chi connectivity index (χ0n) is 14.6. The number of thiazole rings is 1. The van der Waals surface area contributed by atoms with E-state index in [-0.39, 0.29) is 18.3 Å². The summed E-state index contributed by atoms with van der Waals surface area (Å²) < 4.78 is 14.7. The van der Waals surface area contributed by atoms with Crippen LogP contribution in [0.1, 0.15) is 24.5 Å². The smallest absolute Gasteiger partial charge is 0.325 e. The van der Waals surface area contributed by atoms with Gasteiger partial charge in [0.25, 0.3) is 0 Å². The molecular weight excluding hydrogens is 367 g/mol. The highest BCUT2D eigenvalue weighted by Crippen LogP contribution is 2.33. The van der Waals surface area contributed by atoms with Crippen LogP contribution < -0.4 is 4.90 Å². The van der Waals surface area contributed by atoms with Crippen LogP contribution in [0.15, 0.2) is 41.9 Å². The second-order valence-electron chi connectivity index (χ2n) is 6.61. The Morgan fingerprint density at radius 1 is 1.30 bits per heavy atom. The predicted octanol–water partition coefficient (Wildman–Crippen LogP) is 3.61. The van der Waals surface area contributed by atoms with Gasteiger partial charge in [0.15, 0.2) is 5.13 Å². The third-order valence-corrected chi connectivity index (χ3v) is 5.68. The molecule has 4 rings (SSSR count). The molecule has 3 aromatic rings. The number of rotatable bonds is 5. The van der Waals surface area contributed by atoms with Crippen molar-refractivity contribution in [3.8, 4) is 11.3 Å². The summed E-state index contributed by atoms with van der Waals surface area (Å²) in [5, 5.41) is 16.1. The van der Waals surface area contributed by atoms with E-state index >= 15 is 0 Å². The van der Waals surface area contributed by atoms with Crippen molar-refractivity contribution in [2.45, 2.75) is 25.3 Å². The number of aliphatic carboxylic acids is 1. The van der Waals surface area contributed by atoms with Gasteiger partial charge in [0.05, 0.1) is 5.69 Å². The minimum Gasteiger partial charge on any atom is -0.480 e. The molecule has 1 aliphatic heterocycles. The molecule has 1 atom stereocenters. The van der Waals surface area contributed by atoms with Crippen LogP contribution in [-0.4, -0.2) is 38.9 Å². The number of carbonyl (C=O) groups is 1. The van der Waals surface area contributed by atoms with Crippen molar-refractivity contribution >= 4 is 22.4 Å². The molecule has 1 N–H and O–H groups in total. The fraction of sp³-hybridized carbons (Fsp3) is 0.316. The molecule has 0 amide bonds. The summed E-state index contributed by atoms with van der Waals surface area (Å²) in [4.78, 5) is 18.0. The summed E-state index contributed by atoms with van der Waals surface area (Å²) in [5.74, 6) is -0.929. The molecule has 0 saturated carbocycles. The van der Waals surface area contributed by atoms with E-state index in [1.54, 1.807) is 34.3 Å². The number of hydrogen-bond donors (Lipinski definition) is 1. The van der Waals surface area contributed by atoms with Gasteiger partial charge in [-0.2, -0.15) is 5.10 Å². The van der Waals surface area contributed by atoms with Crippen LogP contribution in [-0.2, 0) is 11.3 Å². The topological polar surface area (TPSA) is 71.2 Å². The molecule has 0 radical (unpaired) electrons. The monoisotopic (exact) mass is 386 g/mol. The number of halogens is 1. The van der Waals surface area contributed by atoms with Gasteiger partial charge < -0.3 is 10.0 Å². The summed E-state index contributed by atoms with van der Waals surface area (Å²) in [5.41, 5.74) is 2.69. The van der Waals surface area contributed by atoms with Crippen molar-refractivity contribution in [3.05, 3.63) is 53.4 Å². The second kappa shape index (κ2) is 7.48. The van der Waals surface area contributed by atoms with Crippen LogP contribution in [0, 0.1) is 5.82 Å². The van der Waals surface area contributed by atoms with E-state index in [4.69, 9.17) is 10.1 Å². The molecule has 0 aliphatic carbocycles. The summed E-state index contributed by atoms with van der Waals surface area (Å²) in [6.45, 7) is 1.58. The fourth-order valence-corrected chi connectivity index (χ4v) is 4.38. The van der Waals surface area contributed by atoms with Crippen LogP contribution in [0.2, 0.25) is 0 Å². The molecule has 8 heteroatoms. The van der Waals surface area contributed by atoms with E-state index in [9.17, 15) is 9.18 Å². The van der Waals surface area contributed by atoms with Crippen molar-refractivity contribution in [1.82, 2.24) is 14.8 Å². The first kappa shape index (κ1) is 17.7. The van der Waals surface area contributed by atoms with E-state index < -0.39 is 5.97 Å². The van der Waals surface area contributed by atoms with E-state index in [1.807, 2.05) is 11.4 Å². The Kier molecular flexibility index (Phi) is 4.89. The third kappa shape index (κ3) is 3.85. The van der Waals surface area contributed by atoms with Gasteiger partial charge >= 0.3 is 5.97 Å². The Bertz CT molecular complexity index is 937. The first-order valence-electron chi connectivity index (χ1n) is 8.80. The molecule has 3 heterocycles. The molecule has 0 bridgehead atoms. The van der Waals surface area contributed by atoms with Crippen LogP contribution >= 0.6 is 11.3 Å².